The van der Waals surface area contributed by atoms with Crippen LogP contribution in [-0.4, -0.2) is 0 Å². The standard InChI is InChI=1S/C9H12BrN/c1-3-7-4-6(2)9(11)8(10)5-7/h4-5H,3,11H2,1-2H3. The minimum Gasteiger partial charge on any atom is -0.398 e. The average molecular weight is 214 g/mol. The zero-order valence-electron chi connectivity index (χ0n) is 6.82. The van der Waals surface area contributed by atoms with E-state index < -0.39 is 0 Å². The summed E-state index contributed by atoms with van der Waals surface area (Å²) in [5.41, 5.74) is 9.08. The van der Waals surface area contributed by atoms with Crippen LogP contribution in [0.3, 0.4) is 0 Å². The van der Waals surface area contributed by atoms with E-state index in [1.807, 2.05) is 6.92 Å². The molecule has 0 unspecified atom stereocenters. The lowest BCUT2D eigenvalue weighted by atomic mass is 10.1. The van der Waals surface area contributed by atoms with Crippen molar-refractivity contribution in [2.24, 2.45) is 0 Å². The Morgan fingerprint density at radius 2 is 2.09 bits per heavy atom. The van der Waals surface area contributed by atoms with Crippen LogP contribution in [0.25, 0.3) is 0 Å². The van der Waals surface area contributed by atoms with Gasteiger partial charge in [0.25, 0.3) is 0 Å². The van der Waals surface area contributed by atoms with Gasteiger partial charge >= 0.3 is 0 Å². The SMILES string of the molecule is CCc1cc(C)c(N)c(Br)c1. The first kappa shape index (κ1) is 8.60. The van der Waals surface area contributed by atoms with Gasteiger partial charge in [-0.2, -0.15) is 0 Å². The summed E-state index contributed by atoms with van der Waals surface area (Å²) in [5, 5.41) is 0. The lowest BCUT2D eigenvalue weighted by Gasteiger charge is -2.05. The zero-order chi connectivity index (χ0) is 8.43. The molecule has 0 aromatic heterocycles. The minimum atomic E-state index is 0.849. The van der Waals surface area contributed by atoms with Gasteiger partial charge in [0.2, 0.25) is 0 Å². The van der Waals surface area contributed by atoms with Crippen molar-refractivity contribution in [1.29, 1.82) is 0 Å². The third-order valence-corrected chi connectivity index (χ3v) is 2.46. The predicted octanol–water partition coefficient (Wildman–Crippen LogP) is 2.90. The van der Waals surface area contributed by atoms with Gasteiger partial charge in [0.1, 0.15) is 0 Å². The van der Waals surface area contributed by atoms with Gasteiger partial charge in [-0.15, -0.1) is 0 Å². The number of anilines is 1. The summed E-state index contributed by atoms with van der Waals surface area (Å²) in [5.74, 6) is 0. The zero-order valence-corrected chi connectivity index (χ0v) is 8.40. The van der Waals surface area contributed by atoms with Crippen LogP contribution in [0.15, 0.2) is 16.6 Å². The number of hydrogen-bond acceptors (Lipinski definition) is 1. The molecule has 0 amide bonds. The Hall–Kier alpha value is -0.500. The quantitative estimate of drug-likeness (QED) is 0.714. The molecular formula is C9H12BrN. The predicted molar refractivity (Wildman–Crippen MR) is 52.7 cm³/mol. The number of halogens is 1. The highest BCUT2D eigenvalue weighted by molar-refractivity contribution is 9.10. The van der Waals surface area contributed by atoms with Gasteiger partial charge < -0.3 is 5.73 Å². The van der Waals surface area contributed by atoms with E-state index in [0.717, 1.165) is 22.1 Å². The summed E-state index contributed by atoms with van der Waals surface area (Å²) in [7, 11) is 0. The molecule has 11 heavy (non-hydrogen) atoms. The molecule has 1 aromatic rings. The molecule has 2 N–H and O–H groups in total. The van der Waals surface area contributed by atoms with E-state index in [1.54, 1.807) is 0 Å². The van der Waals surface area contributed by atoms with Gasteiger partial charge in [-0.3, -0.25) is 0 Å². The molecule has 1 nitrogen and oxygen atoms in total. The van der Waals surface area contributed by atoms with Crippen molar-refractivity contribution in [3.63, 3.8) is 0 Å². The van der Waals surface area contributed by atoms with Crippen molar-refractivity contribution < 1.29 is 0 Å². The molecule has 0 aliphatic rings. The van der Waals surface area contributed by atoms with Gasteiger partial charge in [0.05, 0.1) is 0 Å². The highest BCUT2D eigenvalue weighted by Crippen LogP contribution is 2.24. The van der Waals surface area contributed by atoms with Crippen molar-refractivity contribution in [3.05, 3.63) is 27.7 Å². The number of nitrogen functional groups attached to an aromatic ring is 1. The lowest BCUT2D eigenvalue weighted by molar-refractivity contribution is 1.13. The molecule has 0 heterocycles. The van der Waals surface area contributed by atoms with E-state index in [9.17, 15) is 0 Å². The van der Waals surface area contributed by atoms with Crippen LogP contribution in [-0.2, 0) is 6.42 Å². The second-order valence-electron chi connectivity index (χ2n) is 2.66. The fraction of sp³-hybridized carbons (Fsp3) is 0.333. The maximum absolute atomic E-state index is 5.76. The third kappa shape index (κ3) is 1.74. The molecule has 1 aromatic carbocycles. The summed E-state index contributed by atoms with van der Waals surface area (Å²) in [6.07, 6.45) is 1.06. The van der Waals surface area contributed by atoms with Gasteiger partial charge in [-0.05, 0) is 46.5 Å². The Bertz CT molecular complexity index is 245. The molecule has 0 atom stereocenters. The molecule has 1 rings (SSSR count). The molecule has 0 saturated heterocycles. The van der Waals surface area contributed by atoms with E-state index in [-0.39, 0.29) is 0 Å². The largest absolute Gasteiger partial charge is 0.398 e. The van der Waals surface area contributed by atoms with Crippen LogP contribution in [0.2, 0.25) is 0 Å². The maximum atomic E-state index is 5.76. The number of aryl methyl sites for hydroxylation is 2. The molecule has 2 heteroatoms. The normalized spacial score (nSPS) is 10.1. The van der Waals surface area contributed by atoms with E-state index in [0.29, 0.717) is 0 Å². The Labute approximate surface area is 75.7 Å². The number of nitrogens with two attached hydrogens (primary N) is 1. The molecular weight excluding hydrogens is 202 g/mol. The molecule has 0 bridgehead atoms. The first-order valence-electron chi connectivity index (χ1n) is 3.69. The Kier molecular flexibility index (Phi) is 2.55. The minimum absolute atomic E-state index is 0.849. The highest BCUT2D eigenvalue weighted by Gasteiger charge is 2.00. The summed E-state index contributed by atoms with van der Waals surface area (Å²) in [6, 6.07) is 4.20. The summed E-state index contributed by atoms with van der Waals surface area (Å²) >= 11 is 3.41. The Morgan fingerprint density at radius 1 is 1.45 bits per heavy atom. The number of benzene rings is 1. The Morgan fingerprint density at radius 3 is 2.55 bits per heavy atom. The monoisotopic (exact) mass is 213 g/mol. The number of rotatable bonds is 1. The third-order valence-electron chi connectivity index (χ3n) is 1.80. The van der Waals surface area contributed by atoms with E-state index in [4.69, 9.17) is 5.73 Å². The molecule has 0 aliphatic carbocycles. The van der Waals surface area contributed by atoms with Crippen molar-refractivity contribution in [2.45, 2.75) is 20.3 Å². The van der Waals surface area contributed by atoms with Crippen LogP contribution >= 0.6 is 15.9 Å². The van der Waals surface area contributed by atoms with Crippen LogP contribution in [0.4, 0.5) is 5.69 Å². The molecule has 0 spiro atoms. The maximum Gasteiger partial charge on any atom is 0.0488 e. The van der Waals surface area contributed by atoms with E-state index in [1.165, 1.54) is 5.56 Å². The second kappa shape index (κ2) is 3.26. The van der Waals surface area contributed by atoms with Crippen LogP contribution in [0, 0.1) is 6.92 Å². The highest BCUT2D eigenvalue weighted by atomic mass is 79.9. The molecule has 0 fully saturated rings. The van der Waals surface area contributed by atoms with Crippen molar-refractivity contribution >= 4 is 21.6 Å². The fourth-order valence-electron chi connectivity index (χ4n) is 1.03. The number of hydrogen-bond donors (Lipinski definition) is 1. The molecule has 0 radical (unpaired) electrons. The Balaban J connectivity index is 3.21. The summed E-state index contributed by atoms with van der Waals surface area (Å²) < 4.78 is 1.01. The van der Waals surface area contributed by atoms with Crippen molar-refractivity contribution in [3.8, 4) is 0 Å². The second-order valence-corrected chi connectivity index (χ2v) is 3.52. The average Bonchev–Trinajstić information content (AvgIpc) is 1.99. The smallest absolute Gasteiger partial charge is 0.0488 e. The van der Waals surface area contributed by atoms with Gasteiger partial charge in [-0.1, -0.05) is 13.0 Å². The van der Waals surface area contributed by atoms with Gasteiger partial charge in [-0.25, -0.2) is 0 Å². The fourth-order valence-corrected chi connectivity index (χ4v) is 1.64. The van der Waals surface area contributed by atoms with Crippen molar-refractivity contribution in [1.82, 2.24) is 0 Å². The van der Waals surface area contributed by atoms with Gasteiger partial charge in [0.15, 0.2) is 0 Å². The topological polar surface area (TPSA) is 26.0 Å². The summed E-state index contributed by atoms with van der Waals surface area (Å²) in [6.45, 7) is 4.16. The molecule has 60 valence electrons. The van der Waals surface area contributed by atoms with Crippen LogP contribution in [0.1, 0.15) is 18.1 Å². The first-order valence-corrected chi connectivity index (χ1v) is 4.49. The lowest BCUT2D eigenvalue weighted by Crippen LogP contribution is -1.92. The molecule has 0 saturated carbocycles. The van der Waals surface area contributed by atoms with Crippen LogP contribution in [0.5, 0.6) is 0 Å². The molecule has 0 aliphatic heterocycles. The van der Waals surface area contributed by atoms with Crippen LogP contribution < -0.4 is 5.73 Å². The first-order chi connectivity index (χ1) is 5.15. The van der Waals surface area contributed by atoms with Crippen molar-refractivity contribution in [2.75, 3.05) is 5.73 Å². The van der Waals surface area contributed by atoms with E-state index >= 15 is 0 Å². The summed E-state index contributed by atoms with van der Waals surface area (Å²) in [4.78, 5) is 0. The van der Waals surface area contributed by atoms with E-state index in [2.05, 4.69) is 35.0 Å². The van der Waals surface area contributed by atoms with Gasteiger partial charge in [0, 0.05) is 10.2 Å².